The largest absolute Gasteiger partial charge is 0.339 e. The van der Waals surface area contributed by atoms with E-state index < -0.39 is 6.17 Å². The molecule has 2 aliphatic rings. The Morgan fingerprint density at radius 3 is 2.50 bits per heavy atom. The summed E-state index contributed by atoms with van der Waals surface area (Å²) in [6.45, 7) is 0.0170. The van der Waals surface area contributed by atoms with Crippen LogP contribution in [0.3, 0.4) is 0 Å². The van der Waals surface area contributed by atoms with Crippen LogP contribution in [0.2, 0.25) is 0 Å². The Hall–Kier alpha value is -1.69. The highest BCUT2D eigenvalue weighted by atomic mass is 16.2. The van der Waals surface area contributed by atoms with E-state index in [4.69, 9.17) is 5.73 Å². The number of rotatable bonds is 4. The quantitative estimate of drug-likeness (QED) is 0.458. The van der Waals surface area contributed by atoms with Crippen LogP contribution in [0.15, 0.2) is 12.2 Å². The number of nitrogens with two attached hydrogens (primary N) is 1. The predicted octanol–water partition coefficient (Wildman–Crippen LogP) is -1.28. The van der Waals surface area contributed by atoms with Crippen LogP contribution in [0.1, 0.15) is 12.8 Å². The number of carbonyl (C=O) groups is 3. The fraction of sp³-hybridized carbons (Fsp3) is 0.500. The van der Waals surface area contributed by atoms with Crippen LogP contribution in [0, 0.1) is 5.92 Å². The van der Waals surface area contributed by atoms with Crippen molar-refractivity contribution >= 4 is 17.7 Å². The summed E-state index contributed by atoms with van der Waals surface area (Å²) in [5, 5.41) is 2.57. The van der Waals surface area contributed by atoms with E-state index in [0.29, 0.717) is 0 Å². The highest BCUT2D eigenvalue weighted by molar-refractivity contribution is 6.12. The summed E-state index contributed by atoms with van der Waals surface area (Å²) in [4.78, 5) is 34.8. The van der Waals surface area contributed by atoms with Crippen molar-refractivity contribution in [1.29, 1.82) is 0 Å². The molecule has 16 heavy (non-hydrogen) atoms. The lowest BCUT2D eigenvalue weighted by Crippen LogP contribution is -2.51. The molecular weight excluding hydrogens is 210 g/mol. The lowest BCUT2D eigenvalue weighted by Gasteiger charge is -2.20. The Balaban J connectivity index is 1.82. The molecule has 1 saturated carbocycles. The van der Waals surface area contributed by atoms with Crippen LogP contribution >= 0.6 is 0 Å². The first-order chi connectivity index (χ1) is 7.58. The molecule has 0 bridgehead atoms. The lowest BCUT2D eigenvalue weighted by atomic mass is 10.3. The molecule has 1 aliphatic carbocycles. The van der Waals surface area contributed by atoms with Crippen molar-refractivity contribution in [3.05, 3.63) is 12.2 Å². The Morgan fingerprint density at radius 2 is 2.00 bits per heavy atom. The SMILES string of the molecule is NC(CN1C(=O)C=CC1=O)NC(=O)C1CC1. The van der Waals surface area contributed by atoms with Gasteiger partial charge in [-0.15, -0.1) is 0 Å². The summed E-state index contributed by atoms with van der Waals surface area (Å²) in [5.41, 5.74) is 5.64. The van der Waals surface area contributed by atoms with Crippen molar-refractivity contribution in [3.8, 4) is 0 Å². The number of imide groups is 1. The van der Waals surface area contributed by atoms with Gasteiger partial charge in [0.05, 0.1) is 12.7 Å². The second-order valence-electron chi connectivity index (χ2n) is 4.01. The first-order valence-corrected chi connectivity index (χ1v) is 5.17. The highest BCUT2D eigenvalue weighted by Crippen LogP contribution is 2.28. The number of nitrogens with zero attached hydrogens (tertiary/aromatic N) is 1. The molecule has 0 spiro atoms. The van der Waals surface area contributed by atoms with E-state index in [1.54, 1.807) is 0 Å². The Morgan fingerprint density at radius 1 is 1.44 bits per heavy atom. The summed E-state index contributed by atoms with van der Waals surface area (Å²) >= 11 is 0. The molecule has 0 aromatic rings. The van der Waals surface area contributed by atoms with Crippen molar-refractivity contribution in [2.24, 2.45) is 11.7 Å². The van der Waals surface area contributed by atoms with Crippen molar-refractivity contribution in [1.82, 2.24) is 10.2 Å². The van der Waals surface area contributed by atoms with E-state index in [9.17, 15) is 14.4 Å². The summed E-state index contributed by atoms with van der Waals surface area (Å²) in [5.74, 6) is -0.809. The minimum atomic E-state index is -0.694. The lowest BCUT2D eigenvalue weighted by molar-refractivity contribution is -0.138. The molecule has 0 radical (unpaired) electrons. The van der Waals surface area contributed by atoms with Crippen LogP contribution in [0.5, 0.6) is 0 Å². The standard InChI is InChI=1S/C10H13N3O3/c11-7(12-10(16)6-1-2-6)5-13-8(14)3-4-9(13)15/h3-4,6-7H,1-2,5,11H2,(H,12,16). The van der Waals surface area contributed by atoms with Gasteiger partial charge in [0, 0.05) is 18.1 Å². The summed E-state index contributed by atoms with van der Waals surface area (Å²) in [6, 6.07) is 0. The van der Waals surface area contributed by atoms with Crippen LogP contribution in [-0.2, 0) is 14.4 Å². The first kappa shape index (κ1) is 10.8. The highest BCUT2D eigenvalue weighted by Gasteiger charge is 2.31. The second kappa shape index (κ2) is 4.05. The molecule has 2 rings (SSSR count). The molecule has 1 heterocycles. The monoisotopic (exact) mass is 223 g/mol. The molecule has 0 aromatic heterocycles. The fourth-order valence-corrected chi connectivity index (χ4v) is 1.50. The molecular formula is C10H13N3O3. The summed E-state index contributed by atoms with van der Waals surface area (Å²) < 4.78 is 0. The zero-order valence-corrected chi connectivity index (χ0v) is 8.68. The Kier molecular flexibility index (Phi) is 2.74. The van der Waals surface area contributed by atoms with Crippen molar-refractivity contribution < 1.29 is 14.4 Å². The van der Waals surface area contributed by atoms with Gasteiger partial charge in [-0.2, -0.15) is 0 Å². The molecule has 0 aromatic carbocycles. The molecule has 3 N–H and O–H groups in total. The van der Waals surface area contributed by atoms with Gasteiger partial charge in [0.2, 0.25) is 5.91 Å². The van der Waals surface area contributed by atoms with Crippen molar-refractivity contribution in [2.75, 3.05) is 6.54 Å². The zero-order chi connectivity index (χ0) is 11.7. The molecule has 1 unspecified atom stereocenters. The van der Waals surface area contributed by atoms with Crippen LogP contribution < -0.4 is 11.1 Å². The van der Waals surface area contributed by atoms with Gasteiger partial charge in [-0.05, 0) is 12.8 Å². The van der Waals surface area contributed by atoms with Crippen molar-refractivity contribution in [3.63, 3.8) is 0 Å². The zero-order valence-electron chi connectivity index (χ0n) is 8.68. The van der Waals surface area contributed by atoms with E-state index in [2.05, 4.69) is 5.32 Å². The molecule has 0 saturated heterocycles. The normalized spacial score (nSPS) is 21.4. The van der Waals surface area contributed by atoms with E-state index in [-0.39, 0.29) is 30.2 Å². The predicted molar refractivity (Wildman–Crippen MR) is 54.7 cm³/mol. The molecule has 1 fully saturated rings. The van der Waals surface area contributed by atoms with E-state index in [0.717, 1.165) is 17.7 Å². The number of hydrogen-bond acceptors (Lipinski definition) is 4. The van der Waals surface area contributed by atoms with Gasteiger partial charge >= 0.3 is 0 Å². The third-order valence-electron chi connectivity index (χ3n) is 2.56. The van der Waals surface area contributed by atoms with E-state index >= 15 is 0 Å². The third-order valence-corrected chi connectivity index (χ3v) is 2.56. The second-order valence-corrected chi connectivity index (χ2v) is 4.01. The first-order valence-electron chi connectivity index (χ1n) is 5.17. The topological polar surface area (TPSA) is 92.5 Å². The summed E-state index contributed by atoms with van der Waals surface area (Å²) in [7, 11) is 0. The van der Waals surface area contributed by atoms with Gasteiger partial charge in [0.1, 0.15) is 0 Å². The van der Waals surface area contributed by atoms with Gasteiger partial charge in [-0.1, -0.05) is 0 Å². The maximum Gasteiger partial charge on any atom is 0.253 e. The van der Waals surface area contributed by atoms with Crippen LogP contribution in [0.25, 0.3) is 0 Å². The molecule has 86 valence electrons. The van der Waals surface area contributed by atoms with Crippen LogP contribution in [-0.4, -0.2) is 35.3 Å². The third kappa shape index (κ3) is 2.27. The minimum Gasteiger partial charge on any atom is -0.339 e. The van der Waals surface area contributed by atoms with Crippen molar-refractivity contribution in [2.45, 2.75) is 19.0 Å². The molecule has 6 nitrogen and oxygen atoms in total. The molecule has 1 atom stereocenters. The average Bonchev–Trinajstić information content (AvgIpc) is 3.01. The minimum absolute atomic E-state index is 0.0170. The number of carbonyl (C=O) groups excluding carboxylic acids is 3. The number of amides is 3. The van der Waals surface area contributed by atoms with Gasteiger partial charge < -0.3 is 11.1 Å². The van der Waals surface area contributed by atoms with Gasteiger partial charge in [-0.25, -0.2) is 0 Å². The van der Waals surface area contributed by atoms with Crippen LogP contribution in [0.4, 0.5) is 0 Å². The van der Waals surface area contributed by atoms with E-state index in [1.807, 2.05) is 0 Å². The van der Waals surface area contributed by atoms with E-state index in [1.165, 1.54) is 12.2 Å². The maximum absolute atomic E-state index is 11.4. The van der Waals surface area contributed by atoms with Gasteiger partial charge in [-0.3, -0.25) is 19.3 Å². The molecule has 3 amide bonds. The fourth-order valence-electron chi connectivity index (χ4n) is 1.50. The van der Waals surface area contributed by atoms with Gasteiger partial charge in [0.15, 0.2) is 0 Å². The maximum atomic E-state index is 11.4. The summed E-state index contributed by atoms with van der Waals surface area (Å²) in [6.07, 6.45) is 3.47. The van der Waals surface area contributed by atoms with Gasteiger partial charge in [0.25, 0.3) is 11.8 Å². The Bertz CT molecular complexity index is 356. The Labute approximate surface area is 92.5 Å². The number of nitrogens with one attached hydrogen (secondary N) is 1. The smallest absolute Gasteiger partial charge is 0.253 e. The average molecular weight is 223 g/mol. The molecule has 6 heteroatoms. The number of hydrogen-bond donors (Lipinski definition) is 2. The molecule has 1 aliphatic heterocycles.